The molecule has 1 aliphatic heterocycles. The van der Waals surface area contributed by atoms with Crippen LogP contribution in [0.15, 0.2) is 72.8 Å². The van der Waals surface area contributed by atoms with Crippen LogP contribution in [0.2, 0.25) is 0 Å². The molecule has 238 valence electrons. The van der Waals surface area contributed by atoms with E-state index < -0.39 is 0 Å². The van der Waals surface area contributed by atoms with E-state index in [4.69, 9.17) is 33.2 Å². The Morgan fingerprint density at radius 1 is 0.400 bits per heavy atom. The molecule has 1 heterocycles. The van der Waals surface area contributed by atoms with Gasteiger partial charge in [0.15, 0.2) is 0 Å². The van der Waals surface area contributed by atoms with E-state index in [1.807, 2.05) is 52.0 Å². The van der Waals surface area contributed by atoms with Crippen molar-refractivity contribution in [3.63, 3.8) is 0 Å². The average Bonchev–Trinajstić information content (AvgIpc) is 3.05. The number of benzene rings is 4. The molecule has 0 spiro atoms. The first kappa shape index (κ1) is 32.4. The number of para-hydroxylation sites is 4. The standard InChI is InChI=1S/C38H44O7/c1-5-42-35-27-13-9-15-29(35)31-17-11-19-33(37(31)44-7-3)34-20-12-18-32(38(34)45-8-4)30-16-10-14-28(36(30)43-6-2)26-41-24-22-39-21-23-40-25-27/h9-20H,5-8,21-26H2,1-4H3. The molecule has 4 aromatic rings. The first-order chi connectivity index (χ1) is 22.2. The van der Waals surface area contributed by atoms with Gasteiger partial charge in [0, 0.05) is 44.5 Å². The Labute approximate surface area is 267 Å². The molecule has 0 saturated carbocycles. The number of hydrogen-bond acceptors (Lipinski definition) is 7. The molecule has 0 fully saturated rings. The molecule has 1 aliphatic rings. The first-order valence-electron chi connectivity index (χ1n) is 16.0. The van der Waals surface area contributed by atoms with Gasteiger partial charge in [-0.2, -0.15) is 0 Å². The van der Waals surface area contributed by atoms with Gasteiger partial charge in [-0.1, -0.05) is 72.8 Å². The fourth-order valence-corrected chi connectivity index (χ4v) is 5.67. The molecule has 7 heteroatoms. The molecule has 0 atom stereocenters. The van der Waals surface area contributed by atoms with Gasteiger partial charge in [0.05, 0.1) is 66.1 Å². The van der Waals surface area contributed by atoms with Gasteiger partial charge in [-0.15, -0.1) is 0 Å². The second-order valence-corrected chi connectivity index (χ2v) is 10.4. The van der Waals surface area contributed by atoms with Crippen LogP contribution in [0, 0.1) is 0 Å². The smallest absolute Gasteiger partial charge is 0.135 e. The van der Waals surface area contributed by atoms with E-state index in [1.165, 1.54) is 0 Å². The van der Waals surface area contributed by atoms with E-state index in [9.17, 15) is 0 Å². The van der Waals surface area contributed by atoms with Gasteiger partial charge in [-0.05, 0) is 27.7 Å². The van der Waals surface area contributed by atoms with Crippen LogP contribution in [0.1, 0.15) is 38.8 Å². The van der Waals surface area contributed by atoms with Gasteiger partial charge in [0.2, 0.25) is 0 Å². The second kappa shape index (κ2) is 16.3. The molecule has 0 amide bonds. The molecule has 0 unspecified atom stereocenters. The van der Waals surface area contributed by atoms with E-state index in [0.29, 0.717) is 66.1 Å². The van der Waals surface area contributed by atoms with Crippen LogP contribution in [-0.4, -0.2) is 52.9 Å². The molecule has 0 saturated heterocycles. The molecule has 0 radical (unpaired) electrons. The Hall–Kier alpha value is -4.04. The zero-order chi connectivity index (χ0) is 31.4. The highest BCUT2D eigenvalue weighted by Crippen LogP contribution is 2.49. The van der Waals surface area contributed by atoms with E-state index in [0.717, 1.165) is 67.5 Å². The largest absolute Gasteiger partial charge is 0.493 e. The molecule has 0 aliphatic carbocycles. The van der Waals surface area contributed by atoms with Crippen LogP contribution >= 0.6 is 0 Å². The summed E-state index contributed by atoms with van der Waals surface area (Å²) in [6, 6.07) is 24.8. The van der Waals surface area contributed by atoms with E-state index in [1.54, 1.807) is 0 Å². The maximum absolute atomic E-state index is 6.46. The highest BCUT2D eigenvalue weighted by Gasteiger charge is 2.23. The lowest BCUT2D eigenvalue weighted by Gasteiger charge is -2.22. The van der Waals surface area contributed by atoms with Crippen molar-refractivity contribution in [2.75, 3.05) is 52.9 Å². The number of ether oxygens (including phenoxy) is 7. The summed E-state index contributed by atoms with van der Waals surface area (Å²) in [5.41, 5.74) is 7.58. The molecule has 0 aromatic heterocycles. The average molecular weight is 613 g/mol. The van der Waals surface area contributed by atoms with Crippen molar-refractivity contribution in [2.24, 2.45) is 0 Å². The Kier molecular flexibility index (Phi) is 11.7. The summed E-state index contributed by atoms with van der Waals surface area (Å²) in [6.45, 7) is 12.7. The van der Waals surface area contributed by atoms with E-state index in [2.05, 4.69) is 48.5 Å². The fraction of sp³-hybridized carbons (Fsp3) is 0.368. The van der Waals surface area contributed by atoms with Gasteiger partial charge in [-0.3, -0.25) is 0 Å². The molecular formula is C38H44O7. The lowest BCUT2D eigenvalue weighted by atomic mass is 9.92. The SMILES string of the molecule is CCOc1c2cccc1-c1cccc(c1OCC)-c1cccc(c1OCC)-c1cccc(c1OCC)COCCOCCOC2. The van der Waals surface area contributed by atoms with Crippen LogP contribution in [-0.2, 0) is 27.4 Å². The normalized spacial score (nSPS) is 13.8. The fourth-order valence-electron chi connectivity index (χ4n) is 5.67. The molecular weight excluding hydrogens is 568 g/mol. The summed E-state index contributed by atoms with van der Waals surface area (Å²) in [5.74, 6) is 3.11. The maximum atomic E-state index is 6.46. The number of rotatable bonds is 8. The topological polar surface area (TPSA) is 64.6 Å². The van der Waals surface area contributed by atoms with Crippen molar-refractivity contribution in [3.05, 3.63) is 83.9 Å². The Morgan fingerprint density at radius 2 is 0.689 bits per heavy atom. The van der Waals surface area contributed by atoms with Crippen LogP contribution < -0.4 is 18.9 Å². The molecule has 8 bridgehead atoms. The maximum Gasteiger partial charge on any atom is 0.135 e. The summed E-state index contributed by atoms with van der Waals surface area (Å²) in [7, 11) is 0. The number of hydrogen-bond donors (Lipinski definition) is 0. The summed E-state index contributed by atoms with van der Waals surface area (Å²) in [6.07, 6.45) is 0. The van der Waals surface area contributed by atoms with Gasteiger partial charge >= 0.3 is 0 Å². The molecule has 5 rings (SSSR count). The van der Waals surface area contributed by atoms with Gasteiger partial charge in [0.1, 0.15) is 23.0 Å². The van der Waals surface area contributed by atoms with Crippen LogP contribution in [0.5, 0.6) is 23.0 Å². The Morgan fingerprint density at radius 3 is 1.04 bits per heavy atom. The van der Waals surface area contributed by atoms with Crippen molar-refractivity contribution in [2.45, 2.75) is 40.9 Å². The van der Waals surface area contributed by atoms with E-state index in [-0.39, 0.29) is 0 Å². The molecule has 45 heavy (non-hydrogen) atoms. The van der Waals surface area contributed by atoms with Gasteiger partial charge in [-0.25, -0.2) is 0 Å². The summed E-state index contributed by atoms with van der Waals surface area (Å²) < 4.78 is 43.3. The molecule has 0 N–H and O–H groups in total. The minimum Gasteiger partial charge on any atom is -0.493 e. The lowest BCUT2D eigenvalue weighted by Crippen LogP contribution is -2.10. The van der Waals surface area contributed by atoms with Crippen LogP contribution in [0.3, 0.4) is 0 Å². The molecule has 7 nitrogen and oxygen atoms in total. The third-order valence-electron chi connectivity index (χ3n) is 7.51. The number of fused-ring (bicyclic) bond motifs is 11. The van der Waals surface area contributed by atoms with Crippen molar-refractivity contribution in [1.29, 1.82) is 0 Å². The van der Waals surface area contributed by atoms with Crippen molar-refractivity contribution >= 4 is 0 Å². The minimum absolute atomic E-state index is 0.402. The van der Waals surface area contributed by atoms with Crippen molar-refractivity contribution in [1.82, 2.24) is 0 Å². The predicted octanol–water partition coefficient (Wildman–Crippen LogP) is 8.35. The summed E-state index contributed by atoms with van der Waals surface area (Å²) in [5, 5.41) is 0. The minimum atomic E-state index is 0.402. The Balaban J connectivity index is 1.76. The summed E-state index contributed by atoms with van der Waals surface area (Å²) >= 11 is 0. The highest BCUT2D eigenvalue weighted by atomic mass is 16.5. The second-order valence-electron chi connectivity index (χ2n) is 10.4. The lowest BCUT2D eigenvalue weighted by molar-refractivity contribution is 0.00644. The zero-order valence-electron chi connectivity index (χ0n) is 26.9. The zero-order valence-corrected chi connectivity index (χ0v) is 26.9. The van der Waals surface area contributed by atoms with E-state index >= 15 is 0 Å². The predicted molar refractivity (Wildman–Crippen MR) is 178 cm³/mol. The van der Waals surface area contributed by atoms with Crippen LogP contribution in [0.25, 0.3) is 33.4 Å². The van der Waals surface area contributed by atoms with Gasteiger partial charge < -0.3 is 33.2 Å². The van der Waals surface area contributed by atoms with Crippen LogP contribution in [0.4, 0.5) is 0 Å². The first-order valence-corrected chi connectivity index (χ1v) is 16.0. The quantitative estimate of drug-likeness (QED) is 0.198. The summed E-state index contributed by atoms with van der Waals surface area (Å²) in [4.78, 5) is 0. The Bertz CT molecular complexity index is 1430. The third-order valence-corrected chi connectivity index (χ3v) is 7.51. The van der Waals surface area contributed by atoms with Crippen molar-refractivity contribution < 1.29 is 33.2 Å². The van der Waals surface area contributed by atoms with Crippen molar-refractivity contribution in [3.8, 4) is 56.4 Å². The highest BCUT2D eigenvalue weighted by molar-refractivity contribution is 5.91. The molecule has 4 aromatic carbocycles. The van der Waals surface area contributed by atoms with Gasteiger partial charge in [0.25, 0.3) is 0 Å². The third kappa shape index (κ3) is 7.44. The monoisotopic (exact) mass is 612 g/mol.